The standard InChI is InChI=1S/C15H22FN3O2/c1-4-19(9-14(20)17-11(2)3)10-15(21)18-13-8-6-5-7-12(13)16/h5-8,11H,4,9-10H2,1-3H3,(H,17,20)(H,18,21)/p+1. The third-order valence-corrected chi connectivity index (χ3v) is 2.92. The number of quaternary nitrogens is 1. The molecule has 0 spiro atoms. The summed E-state index contributed by atoms with van der Waals surface area (Å²) in [6.45, 7) is 6.64. The molecule has 0 saturated carbocycles. The minimum atomic E-state index is -0.471. The van der Waals surface area contributed by atoms with Gasteiger partial charge in [-0.1, -0.05) is 12.1 Å². The van der Waals surface area contributed by atoms with Crippen LogP contribution in [0.1, 0.15) is 20.8 Å². The van der Waals surface area contributed by atoms with Crippen LogP contribution in [-0.2, 0) is 9.59 Å². The van der Waals surface area contributed by atoms with E-state index in [9.17, 15) is 14.0 Å². The maximum atomic E-state index is 13.4. The molecular weight excluding hydrogens is 273 g/mol. The Morgan fingerprint density at radius 1 is 1.19 bits per heavy atom. The van der Waals surface area contributed by atoms with E-state index >= 15 is 0 Å². The summed E-state index contributed by atoms with van der Waals surface area (Å²) < 4.78 is 13.4. The molecule has 1 aromatic carbocycles. The second kappa shape index (κ2) is 8.36. The quantitative estimate of drug-likeness (QED) is 0.673. The van der Waals surface area contributed by atoms with Gasteiger partial charge in [-0.3, -0.25) is 9.59 Å². The maximum absolute atomic E-state index is 13.4. The monoisotopic (exact) mass is 296 g/mol. The Morgan fingerprint density at radius 3 is 2.38 bits per heavy atom. The van der Waals surface area contributed by atoms with Gasteiger partial charge in [0.2, 0.25) is 0 Å². The van der Waals surface area contributed by atoms with Crippen molar-refractivity contribution in [2.45, 2.75) is 26.8 Å². The molecule has 116 valence electrons. The number of nitrogens with one attached hydrogen (secondary N) is 3. The number of benzene rings is 1. The maximum Gasteiger partial charge on any atom is 0.279 e. The lowest BCUT2D eigenvalue weighted by atomic mass is 10.3. The van der Waals surface area contributed by atoms with Gasteiger partial charge in [0.1, 0.15) is 5.82 Å². The molecule has 1 rings (SSSR count). The molecule has 0 aliphatic heterocycles. The Bertz CT molecular complexity index is 492. The minimum absolute atomic E-state index is 0.0721. The number of likely N-dealkylation sites (N-methyl/N-ethyl adjacent to an activating group) is 1. The van der Waals surface area contributed by atoms with Gasteiger partial charge in [-0.05, 0) is 32.9 Å². The van der Waals surface area contributed by atoms with Crippen molar-refractivity contribution in [3.05, 3.63) is 30.1 Å². The number of para-hydroxylation sites is 1. The fourth-order valence-corrected chi connectivity index (χ4v) is 1.90. The van der Waals surface area contributed by atoms with Crippen molar-refractivity contribution in [2.75, 3.05) is 25.0 Å². The lowest BCUT2D eigenvalue weighted by Crippen LogP contribution is -3.14. The topological polar surface area (TPSA) is 62.6 Å². The molecule has 1 aromatic rings. The normalized spacial score (nSPS) is 12.0. The number of carbonyl (C=O) groups excluding carboxylic acids is 2. The Labute approximate surface area is 124 Å². The van der Waals surface area contributed by atoms with Crippen molar-refractivity contribution >= 4 is 17.5 Å². The van der Waals surface area contributed by atoms with Crippen LogP contribution in [0.2, 0.25) is 0 Å². The Morgan fingerprint density at radius 2 is 1.81 bits per heavy atom. The average molecular weight is 296 g/mol. The van der Waals surface area contributed by atoms with Crippen molar-refractivity contribution in [1.82, 2.24) is 5.32 Å². The lowest BCUT2D eigenvalue weighted by Gasteiger charge is -2.17. The molecule has 5 nitrogen and oxygen atoms in total. The van der Waals surface area contributed by atoms with Crippen molar-refractivity contribution in [1.29, 1.82) is 0 Å². The van der Waals surface area contributed by atoms with Crippen LogP contribution in [0.3, 0.4) is 0 Å². The predicted octanol–water partition coefficient (Wildman–Crippen LogP) is 0.194. The molecule has 0 bridgehead atoms. The summed E-state index contributed by atoms with van der Waals surface area (Å²) >= 11 is 0. The number of rotatable bonds is 7. The SMILES string of the molecule is CC[NH+](CC(=O)Nc1ccccc1F)CC(=O)NC(C)C. The molecule has 6 heteroatoms. The Kier molecular flexibility index (Phi) is 6.81. The number of halogens is 1. The summed E-state index contributed by atoms with van der Waals surface area (Å²) in [6, 6.07) is 6.08. The molecule has 2 amide bonds. The second-order valence-electron chi connectivity index (χ2n) is 5.21. The van der Waals surface area contributed by atoms with E-state index in [0.717, 1.165) is 4.90 Å². The van der Waals surface area contributed by atoms with Gasteiger partial charge in [-0.15, -0.1) is 0 Å². The molecule has 0 aliphatic carbocycles. The van der Waals surface area contributed by atoms with E-state index in [-0.39, 0.29) is 36.6 Å². The van der Waals surface area contributed by atoms with Gasteiger partial charge < -0.3 is 15.5 Å². The first-order chi connectivity index (χ1) is 9.92. The zero-order valence-electron chi connectivity index (χ0n) is 12.7. The lowest BCUT2D eigenvalue weighted by molar-refractivity contribution is -0.881. The summed E-state index contributed by atoms with van der Waals surface area (Å²) in [5.74, 6) is -0.878. The summed E-state index contributed by atoms with van der Waals surface area (Å²) in [7, 11) is 0. The van der Waals surface area contributed by atoms with Crippen molar-refractivity contribution in [3.8, 4) is 0 Å². The van der Waals surface area contributed by atoms with Crippen LogP contribution in [0, 0.1) is 5.82 Å². The van der Waals surface area contributed by atoms with Crippen LogP contribution >= 0.6 is 0 Å². The van der Waals surface area contributed by atoms with Crippen LogP contribution in [0.4, 0.5) is 10.1 Å². The summed E-state index contributed by atoms with van der Waals surface area (Å²) in [5, 5.41) is 5.31. The molecule has 0 radical (unpaired) electrons. The predicted molar refractivity (Wildman–Crippen MR) is 79.5 cm³/mol. The highest BCUT2D eigenvalue weighted by Crippen LogP contribution is 2.11. The highest BCUT2D eigenvalue weighted by Gasteiger charge is 2.17. The summed E-state index contributed by atoms with van der Waals surface area (Å²) in [4.78, 5) is 24.4. The van der Waals surface area contributed by atoms with Crippen LogP contribution < -0.4 is 15.5 Å². The van der Waals surface area contributed by atoms with Gasteiger partial charge in [-0.25, -0.2) is 4.39 Å². The van der Waals surface area contributed by atoms with E-state index in [0.29, 0.717) is 6.54 Å². The third-order valence-electron chi connectivity index (χ3n) is 2.92. The fourth-order valence-electron chi connectivity index (χ4n) is 1.90. The number of hydrogen-bond acceptors (Lipinski definition) is 2. The van der Waals surface area contributed by atoms with Gasteiger partial charge in [0.25, 0.3) is 11.8 Å². The summed E-state index contributed by atoms with van der Waals surface area (Å²) in [5.41, 5.74) is 0.157. The first-order valence-corrected chi connectivity index (χ1v) is 7.09. The number of hydrogen-bond donors (Lipinski definition) is 3. The minimum Gasteiger partial charge on any atom is -0.349 e. The van der Waals surface area contributed by atoms with Crippen LogP contribution in [-0.4, -0.2) is 37.5 Å². The molecule has 0 fully saturated rings. The molecule has 1 unspecified atom stereocenters. The van der Waals surface area contributed by atoms with Crippen molar-refractivity contribution in [3.63, 3.8) is 0 Å². The van der Waals surface area contributed by atoms with Crippen LogP contribution in [0.5, 0.6) is 0 Å². The van der Waals surface area contributed by atoms with E-state index in [2.05, 4.69) is 10.6 Å². The van der Waals surface area contributed by atoms with Gasteiger partial charge in [-0.2, -0.15) is 0 Å². The average Bonchev–Trinajstić information content (AvgIpc) is 2.39. The molecule has 0 aliphatic rings. The van der Waals surface area contributed by atoms with Gasteiger partial charge in [0.05, 0.1) is 12.2 Å². The third kappa shape index (κ3) is 6.35. The first-order valence-electron chi connectivity index (χ1n) is 7.09. The van der Waals surface area contributed by atoms with Crippen molar-refractivity contribution in [2.24, 2.45) is 0 Å². The van der Waals surface area contributed by atoms with Gasteiger partial charge in [0, 0.05) is 6.04 Å². The molecule has 0 aromatic heterocycles. The molecular formula is C15H23FN3O2+. The zero-order valence-corrected chi connectivity index (χ0v) is 12.7. The zero-order chi connectivity index (χ0) is 15.8. The Hall–Kier alpha value is -1.95. The molecule has 3 N–H and O–H groups in total. The smallest absolute Gasteiger partial charge is 0.279 e. The Balaban J connectivity index is 2.51. The highest BCUT2D eigenvalue weighted by molar-refractivity contribution is 5.91. The largest absolute Gasteiger partial charge is 0.349 e. The molecule has 0 heterocycles. The van der Waals surface area contributed by atoms with E-state index in [4.69, 9.17) is 0 Å². The van der Waals surface area contributed by atoms with Gasteiger partial charge in [0.15, 0.2) is 13.1 Å². The second-order valence-corrected chi connectivity index (χ2v) is 5.21. The number of amides is 2. The van der Waals surface area contributed by atoms with Crippen LogP contribution in [0.25, 0.3) is 0 Å². The summed E-state index contributed by atoms with van der Waals surface area (Å²) in [6.07, 6.45) is 0. The molecule has 21 heavy (non-hydrogen) atoms. The first kappa shape index (κ1) is 17.1. The fraction of sp³-hybridized carbons (Fsp3) is 0.467. The van der Waals surface area contributed by atoms with E-state index in [1.807, 2.05) is 20.8 Å². The van der Waals surface area contributed by atoms with E-state index < -0.39 is 5.82 Å². The van der Waals surface area contributed by atoms with Crippen molar-refractivity contribution < 1.29 is 18.9 Å². The number of anilines is 1. The van der Waals surface area contributed by atoms with Gasteiger partial charge >= 0.3 is 0 Å². The van der Waals surface area contributed by atoms with E-state index in [1.54, 1.807) is 12.1 Å². The van der Waals surface area contributed by atoms with Crippen LogP contribution in [0.15, 0.2) is 24.3 Å². The highest BCUT2D eigenvalue weighted by atomic mass is 19.1. The molecule has 0 saturated heterocycles. The molecule has 1 atom stereocenters. The number of carbonyl (C=O) groups is 2. The van der Waals surface area contributed by atoms with E-state index in [1.165, 1.54) is 12.1 Å².